The summed E-state index contributed by atoms with van der Waals surface area (Å²) in [6.07, 6.45) is 2.63. The molecule has 11 heteroatoms. The van der Waals surface area contributed by atoms with E-state index in [1.54, 1.807) is 29.7 Å². The van der Waals surface area contributed by atoms with Crippen molar-refractivity contribution in [2.45, 2.75) is 44.3 Å². The second-order valence-electron chi connectivity index (χ2n) is 7.67. The number of aromatic nitrogens is 5. The van der Waals surface area contributed by atoms with Crippen molar-refractivity contribution >= 4 is 34.7 Å². The molecule has 5 rings (SSSR count). The van der Waals surface area contributed by atoms with Gasteiger partial charge in [0.15, 0.2) is 11.0 Å². The predicted molar refractivity (Wildman–Crippen MR) is 135 cm³/mol. The van der Waals surface area contributed by atoms with E-state index in [0.29, 0.717) is 45.8 Å². The van der Waals surface area contributed by atoms with E-state index >= 15 is 0 Å². The number of rotatable bonds is 10. The molecule has 5 aromatic rings. The number of hydrogen-bond donors (Lipinski definition) is 0. The zero-order valence-corrected chi connectivity index (χ0v) is 21.5. The largest absolute Gasteiger partial charge is 0.486 e. The maximum atomic E-state index is 5.96. The number of thioether (sulfide) groups is 1. The van der Waals surface area contributed by atoms with Gasteiger partial charge in [0, 0.05) is 9.90 Å². The second kappa shape index (κ2) is 10.7. The van der Waals surface area contributed by atoms with Gasteiger partial charge in [0.25, 0.3) is 5.89 Å². The van der Waals surface area contributed by atoms with Crippen molar-refractivity contribution in [3.63, 3.8) is 0 Å². The number of furan rings is 1. The van der Waals surface area contributed by atoms with E-state index in [4.69, 9.17) is 25.2 Å². The topological polar surface area (TPSA) is 92.0 Å². The first-order chi connectivity index (χ1) is 17.1. The van der Waals surface area contributed by atoms with Gasteiger partial charge in [-0.2, -0.15) is 0 Å². The summed E-state index contributed by atoms with van der Waals surface area (Å²) in [4.78, 5) is 2.32. The predicted octanol–water partition coefficient (Wildman–Crippen LogP) is 6.43. The van der Waals surface area contributed by atoms with E-state index in [-0.39, 0.29) is 6.61 Å². The standard InChI is InChI=1S/C24H22ClN5O3S2/c1-3-19-15(2)11-20(35-19)23-28-27-22(33-23)14-34-24-29-26-21(30(24)12-18-5-4-10-31-18)13-32-17-8-6-16(25)7-9-17/h4-11H,3,12-14H2,1-2H3. The van der Waals surface area contributed by atoms with Gasteiger partial charge < -0.3 is 13.6 Å². The number of benzene rings is 1. The van der Waals surface area contributed by atoms with Crippen LogP contribution in [0.1, 0.15) is 34.8 Å². The molecule has 35 heavy (non-hydrogen) atoms. The molecule has 1 aromatic carbocycles. The summed E-state index contributed by atoms with van der Waals surface area (Å²) in [6, 6.07) is 13.1. The average Bonchev–Trinajstić information content (AvgIpc) is 3.66. The third kappa shape index (κ3) is 5.61. The van der Waals surface area contributed by atoms with E-state index in [9.17, 15) is 0 Å². The lowest BCUT2D eigenvalue weighted by Gasteiger charge is -2.09. The Morgan fingerprint density at radius 3 is 2.71 bits per heavy atom. The molecule has 0 aliphatic carbocycles. The van der Waals surface area contributed by atoms with E-state index in [0.717, 1.165) is 17.1 Å². The van der Waals surface area contributed by atoms with Gasteiger partial charge in [0.1, 0.15) is 18.1 Å². The highest BCUT2D eigenvalue weighted by atomic mass is 35.5. The Labute approximate surface area is 215 Å². The lowest BCUT2D eigenvalue weighted by Crippen LogP contribution is -2.09. The smallest absolute Gasteiger partial charge is 0.257 e. The summed E-state index contributed by atoms with van der Waals surface area (Å²) in [5.41, 5.74) is 1.25. The molecule has 0 atom stereocenters. The SMILES string of the molecule is CCc1sc(-c2nnc(CSc3nnc(COc4ccc(Cl)cc4)n3Cc3ccco3)o2)cc1C. The molecule has 0 spiro atoms. The fraction of sp³-hybridized carbons (Fsp3) is 0.250. The highest BCUT2D eigenvalue weighted by molar-refractivity contribution is 7.98. The van der Waals surface area contributed by atoms with Crippen LogP contribution in [0.25, 0.3) is 10.8 Å². The molecule has 8 nitrogen and oxygen atoms in total. The first-order valence-electron chi connectivity index (χ1n) is 11.0. The van der Waals surface area contributed by atoms with Crippen molar-refractivity contribution < 1.29 is 13.6 Å². The number of ether oxygens (including phenoxy) is 1. The lowest BCUT2D eigenvalue weighted by atomic mass is 10.2. The third-order valence-corrected chi connectivity index (χ3v) is 7.79. The third-order valence-electron chi connectivity index (χ3n) is 5.21. The molecule has 4 heterocycles. The van der Waals surface area contributed by atoms with Crippen molar-refractivity contribution in [2.75, 3.05) is 0 Å². The number of halogens is 1. The van der Waals surface area contributed by atoms with Crippen LogP contribution >= 0.6 is 34.7 Å². The van der Waals surface area contributed by atoms with Crippen molar-refractivity contribution in [3.05, 3.63) is 81.7 Å². The highest BCUT2D eigenvalue weighted by Crippen LogP contribution is 2.32. The molecule has 0 unspecified atom stereocenters. The van der Waals surface area contributed by atoms with Crippen LogP contribution in [0.15, 0.2) is 62.7 Å². The molecule has 0 saturated heterocycles. The first-order valence-corrected chi connectivity index (χ1v) is 13.1. The van der Waals surface area contributed by atoms with Gasteiger partial charge in [-0.1, -0.05) is 30.3 Å². The average molecular weight is 528 g/mol. The van der Waals surface area contributed by atoms with Crippen LogP contribution in [0.2, 0.25) is 5.02 Å². The summed E-state index contributed by atoms with van der Waals surface area (Å²) in [6.45, 7) is 4.97. The zero-order chi connectivity index (χ0) is 24.2. The van der Waals surface area contributed by atoms with Crippen molar-refractivity contribution in [2.24, 2.45) is 0 Å². The lowest BCUT2D eigenvalue weighted by molar-refractivity contribution is 0.287. The Morgan fingerprint density at radius 1 is 1.11 bits per heavy atom. The van der Waals surface area contributed by atoms with Crippen molar-refractivity contribution in [1.29, 1.82) is 0 Å². The molecular formula is C24H22ClN5O3S2. The van der Waals surface area contributed by atoms with Crippen LogP contribution in [-0.2, 0) is 25.3 Å². The van der Waals surface area contributed by atoms with Crippen LogP contribution in [0.4, 0.5) is 0 Å². The van der Waals surface area contributed by atoms with Crippen LogP contribution in [0, 0.1) is 6.92 Å². The fourth-order valence-electron chi connectivity index (χ4n) is 3.44. The molecule has 0 radical (unpaired) electrons. The maximum Gasteiger partial charge on any atom is 0.257 e. The summed E-state index contributed by atoms with van der Waals surface area (Å²) in [5, 5.41) is 18.5. The van der Waals surface area contributed by atoms with Crippen molar-refractivity contribution in [3.8, 4) is 16.5 Å². The number of aryl methyl sites for hydroxylation is 2. The van der Waals surface area contributed by atoms with Crippen LogP contribution in [-0.4, -0.2) is 25.0 Å². The van der Waals surface area contributed by atoms with Crippen LogP contribution < -0.4 is 4.74 Å². The quantitative estimate of drug-likeness (QED) is 0.192. The van der Waals surface area contributed by atoms with Gasteiger partial charge in [0.05, 0.1) is 23.4 Å². The number of thiophene rings is 1. The Morgan fingerprint density at radius 2 is 1.97 bits per heavy atom. The number of nitrogens with zero attached hydrogens (tertiary/aromatic N) is 5. The normalized spacial score (nSPS) is 11.3. The summed E-state index contributed by atoms with van der Waals surface area (Å²) in [5.74, 6) is 3.70. The summed E-state index contributed by atoms with van der Waals surface area (Å²) < 4.78 is 19.3. The minimum absolute atomic E-state index is 0.248. The van der Waals surface area contributed by atoms with Gasteiger partial charge in [-0.15, -0.1) is 31.7 Å². The van der Waals surface area contributed by atoms with Gasteiger partial charge >= 0.3 is 0 Å². The van der Waals surface area contributed by atoms with Gasteiger partial charge in [-0.3, -0.25) is 4.57 Å². The molecule has 0 N–H and O–H groups in total. The van der Waals surface area contributed by atoms with Crippen LogP contribution in [0.3, 0.4) is 0 Å². The van der Waals surface area contributed by atoms with Gasteiger partial charge in [0.2, 0.25) is 5.89 Å². The Kier molecular flexibility index (Phi) is 7.21. The molecule has 180 valence electrons. The molecular weight excluding hydrogens is 506 g/mol. The molecule has 4 aromatic heterocycles. The number of hydrogen-bond acceptors (Lipinski definition) is 9. The Hall–Kier alpha value is -3.08. The Bertz CT molecular complexity index is 1390. The maximum absolute atomic E-state index is 5.96. The minimum atomic E-state index is 0.248. The Balaban J connectivity index is 1.30. The fourth-order valence-corrected chi connectivity index (χ4v) is 5.40. The van der Waals surface area contributed by atoms with Gasteiger partial charge in [-0.25, -0.2) is 0 Å². The first kappa shape index (κ1) is 23.7. The van der Waals surface area contributed by atoms with E-state index < -0.39 is 0 Å². The molecule has 0 bridgehead atoms. The molecule has 0 aliphatic heterocycles. The molecule has 0 fully saturated rings. The second-order valence-corrected chi connectivity index (χ2v) is 10.2. The minimum Gasteiger partial charge on any atom is -0.486 e. The summed E-state index contributed by atoms with van der Waals surface area (Å²) in [7, 11) is 0. The molecule has 0 saturated carbocycles. The van der Waals surface area contributed by atoms with Gasteiger partial charge in [-0.05, 0) is 61.4 Å². The van der Waals surface area contributed by atoms with E-state index in [1.165, 1.54) is 22.2 Å². The van der Waals surface area contributed by atoms with Crippen LogP contribution in [0.5, 0.6) is 5.75 Å². The van der Waals surface area contributed by atoms with E-state index in [1.807, 2.05) is 28.8 Å². The molecule has 0 aliphatic rings. The highest BCUT2D eigenvalue weighted by Gasteiger charge is 2.18. The van der Waals surface area contributed by atoms with E-state index in [2.05, 4.69) is 40.3 Å². The summed E-state index contributed by atoms with van der Waals surface area (Å²) >= 11 is 9.12. The monoisotopic (exact) mass is 527 g/mol. The molecule has 0 amide bonds. The van der Waals surface area contributed by atoms with Crippen molar-refractivity contribution in [1.82, 2.24) is 25.0 Å². The zero-order valence-electron chi connectivity index (χ0n) is 19.1.